The number of benzene rings is 4. The van der Waals surface area contributed by atoms with E-state index in [1.807, 2.05) is 73.2 Å². The van der Waals surface area contributed by atoms with Crippen molar-refractivity contribution in [2.75, 3.05) is 0 Å². The van der Waals surface area contributed by atoms with Gasteiger partial charge < -0.3 is 4.98 Å². The molecule has 0 saturated heterocycles. The topological polar surface area (TPSA) is 38.7 Å². The Hall–Kier alpha value is -4.24. The molecular weight excluding hydrogens is 667 g/mol. The minimum absolute atomic E-state index is 0. The van der Waals surface area contributed by atoms with Crippen molar-refractivity contribution in [3.05, 3.63) is 151 Å². The van der Waals surface area contributed by atoms with E-state index in [4.69, 9.17) is 0 Å². The van der Waals surface area contributed by atoms with E-state index < -0.39 is 0 Å². The second kappa shape index (κ2) is 14.2. The molecule has 0 aliphatic carbocycles. The van der Waals surface area contributed by atoms with Crippen molar-refractivity contribution in [1.82, 2.24) is 15.0 Å². The van der Waals surface area contributed by atoms with Crippen LogP contribution in [-0.4, -0.2) is 15.0 Å². The Kier molecular flexibility index (Phi) is 10.2. The molecule has 0 atom stereocenters. The first kappa shape index (κ1) is 28.8. The van der Waals surface area contributed by atoms with E-state index in [1.54, 1.807) is 0 Å². The van der Waals surface area contributed by atoms with Gasteiger partial charge in [0, 0.05) is 38.7 Å². The Morgan fingerprint density at radius 1 is 0.575 bits per heavy atom. The molecule has 0 saturated carbocycles. The van der Waals surface area contributed by atoms with Crippen molar-refractivity contribution in [3.8, 4) is 44.9 Å². The molecule has 0 amide bonds. The van der Waals surface area contributed by atoms with Gasteiger partial charge in [0.1, 0.15) is 0 Å². The van der Waals surface area contributed by atoms with Crippen molar-refractivity contribution in [1.29, 1.82) is 0 Å². The quantitative estimate of drug-likeness (QED) is 0.170. The van der Waals surface area contributed by atoms with Gasteiger partial charge in [-0.25, -0.2) is 0 Å². The molecule has 2 aromatic heterocycles. The number of rotatable bonds is 5. The smallest absolute Gasteiger partial charge is 0.0748 e. The Balaban J connectivity index is 0.000000181. The minimum Gasteiger partial charge on any atom is -0.304 e. The summed E-state index contributed by atoms with van der Waals surface area (Å²) < 4.78 is 0. The van der Waals surface area contributed by atoms with E-state index in [2.05, 4.69) is 95.5 Å². The molecule has 3 nitrogen and oxygen atoms in total. The first-order chi connectivity index (χ1) is 19.2. The molecule has 6 rings (SSSR count). The predicted octanol–water partition coefficient (Wildman–Crippen LogP) is 8.69. The zero-order valence-electron chi connectivity index (χ0n) is 22.5. The van der Waals surface area contributed by atoms with Crippen molar-refractivity contribution in [2.45, 2.75) is 20.3 Å². The number of aromatic nitrogens is 3. The van der Waals surface area contributed by atoms with Crippen LogP contribution in [0.3, 0.4) is 0 Å². The Bertz CT molecular complexity index is 1600. The van der Waals surface area contributed by atoms with Gasteiger partial charge in [-0.05, 0) is 41.3 Å². The van der Waals surface area contributed by atoms with Crippen LogP contribution in [-0.2, 0) is 26.5 Å². The van der Waals surface area contributed by atoms with Crippen LogP contribution in [0.15, 0.2) is 128 Å². The molecule has 0 spiro atoms. The van der Waals surface area contributed by atoms with Gasteiger partial charge >= 0.3 is 0 Å². The number of nitrogens with zero attached hydrogens (tertiary/aromatic N) is 3. The van der Waals surface area contributed by atoms with Crippen LogP contribution in [0.5, 0.6) is 0 Å². The Morgan fingerprint density at radius 2 is 1.25 bits per heavy atom. The molecule has 0 fully saturated rings. The van der Waals surface area contributed by atoms with Gasteiger partial charge in [0.05, 0.1) is 5.82 Å². The second-order valence-electron chi connectivity index (χ2n) is 9.20. The van der Waals surface area contributed by atoms with E-state index in [0.29, 0.717) is 0 Å². The molecule has 40 heavy (non-hydrogen) atoms. The summed E-state index contributed by atoms with van der Waals surface area (Å²) in [6.45, 7) is 4.19. The van der Waals surface area contributed by atoms with Crippen LogP contribution in [0, 0.1) is 19.1 Å². The fourth-order valence-corrected chi connectivity index (χ4v) is 4.10. The first-order valence-electron chi connectivity index (χ1n) is 13.1. The van der Waals surface area contributed by atoms with Crippen LogP contribution in [0.4, 0.5) is 0 Å². The molecule has 0 unspecified atom stereocenters. The maximum absolute atomic E-state index is 4.52. The molecule has 6 aromatic rings. The standard InChI is InChI=1S/C18H15N2.C18H14N.Ir/c1-2-14-12-19-18(20-13-14)17-10-6-9-16(11-17)15-7-4-3-5-8-15;1-14-7-9-15(10-8-14)17-11-12-18(19-13-17)16-5-3-2-4-6-16;/h3-9,11-13H,2H2,1H3;2-5,7-13H,1H3;/q2*-1;. The molecule has 4 aromatic carbocycles. The zero-order chi connectivity index (χ0) is 26.9. The molecule has 2 heterocycles. The van der Waals surface area contributed by atoms with Crippen molar-refractivity contribution in [3.63, 3.8) is 0 Å². The maximum Gasteiger partial charge on any atom is 0.0748 e. The molecule has 0 aliphatic heterocycles. The summed E-state index contributed by atoms with van der Waals surface area (Å²) >= 11 is 0. The second-order valence-corrected chi connectivity index (χ2v) is 9.20. The average Bonchev–Trinajstić information content (AvgIpc) is 3.03. The summed E-state index contributed by atoms with van der Waals surface area (Å²) in [7, 11) is 0. The molecule has 0 bridgehead atoms. The number of aryl methyl sites for hydroxylation is 2. The van der Waals surface area contributed by atoms with E-state index in [9.17, 15) is 0 Å². The fourth-order valence-electron chi connectivity index (χ4n) is 4.10. The number of hydrogen-bond donors (Lipinski definition) is 0. The van der Waals surface area contributed by atoms with Crippen LogP contribution in [0.2, 0.25) is 0 Å². The van der Waals surface area contributed by atoms with E-state index in [1.165, 1.54) is 16.7 Å². The van der Waals surface area contributed by atoms with Gasteiger partial charge in [-0.2, -0.15) is 0 Å². The van der Waals surface area contributed by atoms with Crippen LogP contribution >= 0.6 is 0 Å². The largest absolute Gasteiger partial charge is 0.304 e. The number of pyridine rings is 1. The van der Waals surface area contributed by atoms with E-state index in [-0.39, 0.29) is 20.1 Å². The third-order valence-electron chi connectivity index (χ3n) is 6.40. The molecule has 0 N–H and O–H groups in total. The van der Waals surface area contributed by atoms with Gasteiger partial charge in [-0.3, -0.25) is 9.97 Å². The summed E-state index contributed by atoms with van der Waals surface area (Å²) in [6.07, 6.45) is 6.63. The normalized spacial score (nSPS) is 10.2. The number of hydrogen-bond acceptors (Lipinski definition) is 3. The zero-order valence-corrected chi connectivity index (χ0v) is 24.9. The third kappa shape index (κ3) is 7.44. The summed E-state index contributed by atoms with van der Waals surface area (Å²) in [5, 5.41) is 0. The molecule has 0 aliphatic rings. The van der Waals surface area contributed by atoms with Gasteiger partial charge in [0.15, 0.2) is 0 Å². The van der Waals surface area contributed by atoms with E-state index >= 15 is 0 Å². The minimum atomic E-state index is 0. The van der Waals surface area contributed by atoms with Gasteiger partial charge in [-0.15, -0.1) is 71.3 Å². The molecule has 199 valence electrons. The fraction of sp³-hybridized carbons (Fsp3) is 0.0833. The SMILES string of the molecule is CCc1cnc(-c2[c-]ccc(-c3ccccc3)c2)nc1.Cc1ccc(-c2ccc(-c3[c-]cccc3)nc2)cc1.[Ir]. The third-order valence-corrected chi connectivity index (χ3v) is 6.40. The Labute approximate surface area is 250 Å². The molecule has 1 radical (unpaired) electrons. The predicted molar refractivity (Wildman–Crippen MR) is 160 cm³/mol. The first-order valence-corrected chi connectivity index (χ1v) is 13.1. The van der Waals surface area contributed by atoms with Gasteiger partial charge in [-0.1, -0.05) is 79.2 Å². The monoisotopic (exact) mass is 696 g/mol. The van der Waals surface area contributed by atoms with Gasteiger partial charge in [0.25, 0.3) is 0 Å². The maximum atomic E-state index is 4.52. The average molecular weight is 696 g/mol. The molecule has 4 heteroatoms. The van der Waals surface area contributed by atoms with E-state index in [0.717, 1.165) is 45.8 Å². The summed E-state index contributed by atoms with van der Waals surface area (Å²) in [5.41, 5.74) is 10.0. The summed E-state index contributed by atoms with van der Waals surface area (Å²) in [4.78, 5) is 13.3. The van der Waals surface area contributed by atoms with Crippen LogP contribution in [0.25, 0.3) is 44.9 Å². The van der Waals surface area contributed by atoms with Crippen molar-refractivity contribution in [2.24, 2.45) is 0 Å². The Morgan fingerprint density at radius 3 is 1.90 bits per heavy atom. The van der Waals surface area contributed by atoms with Gasteiger partial charge in [0.2, 0.25) is 0 Å². The van der Waals surface area contributed by atoms with Crippen LogP contribution < -0.4 is 0 Å². The summed E-state index contributed by atoms with van der Waals surface area (Å²) in [6, 6.07) is 43.3. The van der Waals surface area contributed by atoms with Crippen molar-refractivity contribution < 1.29 is 20.1 Å². The molecular formula is C36H29IrN3-2. The summed E-state index contributed by atoms with van der Waals surface area (Å²) in [5.74, 6) is 0.722. The van der Waals surface area contributed by atoms with Crippen LogP contribution in [0.1, 0.15) is 18.1 Å². The van der Waals surface area contributed by atoms with Crippen molar-refractivity contribution >= 4 is 0 Å².